The van der Waals surface area contributed by atoms with Crippen molar-refractivity contribution in [2.45, 2.75) is 251 Å². The summed E-state index contributed by atoms with van der Waals surface area (Å²) >= 11 is 0. The number of carboxylic acid groups (broad SMARTS) is 4. The summed E-state index contributed by atoms with van der Waals surface area (Å²) in [7, 11) is 0. The molecule has 2 unspecified atom stereocenters. The van der Waals surface area contributed by atoms with Crippen molar-refractivity contribution in [3.63, 3.8) is 0 Å². The summed E-state index contributed by atoms with van der Waals surface area (Å²) in [6.07, 6.45) is 30.6. The Kier molecular flexibility index (Phi) is 62.8. The summed E-state index contributed by atoms with van der Waals surface area (Å²) in [5.41, 5.74) is 0. The van der Waals surface area contributed by atoms with Crippen LogP contribution in [0.3, 0.4) is 0 Å². The molecular formula is C51H88N4Na4O12. The van der Waals surface area contributed by atoms with Crippen LogP contribution in [0.15, 0.2) is 0 Å². The molecule has 4 amide bonds. The first-order valence-electron chi connectivity index (χ1n) is 26.2. The Morgan fingerprint density at radius 2 is 0.592 bits per heavy atom. The van der Waals surface area contributed by atoms with Crippen LogP contribution in [-0.2, 0) is 38.4 Å². The maximum Gasteiger partial charge on any atom is 1.00 e. The first kappa shape index (κ1) is 79.6. The minimum Gasteiger partial charge on any atom is -0.548 e. The SMILES string of the molecule is CCCCCCCCCCCCCCCCC(=O)NC(CCC(=O)N(CCCN(CC(=O)[O-])C(=O)CCC(NC(=O)CCCCCCCCCCCCCCCC)C(=O)[O-])CC(=O)[O-])C(=O)[O-].[Na+].[Na+].[Na+].[Na+]. The Balaban J connectivity index is -0.00000363. The third-order valence-electron chi connectivity index (χ3n) is 12.2. The number of nitrogens with one attached hydrogen (secondary N) is 2. The van der Waals surface area contributed by atoms with Crippen molar-refractivity contribution in [1.29, 1.82) is 0 Å². The Morgan fingerprint density at radius 1 is 0.352 bits per heavy atom. The summed E-state index contributed by atoms with van der Waals surface area (Å²) in [6, 6.07) is -2.99. The molecule has 388 valence electrons. The van der Waals surface area contributed by atoms with E-state index in [2.05, 4.69) is 24.5 Å². The summed E-state index contributed by atoms with van der Waals surface area (Å²) in [6.45, 7) is 2.11. The number of amides is 4. The molecule has 0 saturated carbocycles. The van der Waals surface area contributed by atoms with Crippen LogP contribution in [0.4, 0.5) is 0 Å². The fourth-order valence-electron chi connectivity index (χ4n) is 8.19. The van der Waals surface area contributed by atoms with E-state index >= 15 is 0 Å². The predicted molar refractivity (Wildman–Crippen MR) is 250 cm³/mol. The predicted octanol–water partition coefficient (Wildman–Crippen LogP) is -7.68. The number of carbonyl (C=O) groups excluding carboxylic acids is 8. The van der Waals surface area contributed by atoms with Gasteiger partial charge in [0.15, 0.2) is 0 Å². The smallest absolute Gasteiger partial charge is 0.548 e. The molecule has 0 fully saturated rings. The van der Waals surface area contributed by atoms with Crippen LogP contribution in [0.5, 0.6) is 0 Å². The summed E-state index contributed by atoms with van der Waals surface area (Å²) in [5.74, 6) is -9.00. The molecule has 0 saturated heterocycles. The Bertz CT molecular complexity index is 1300. The van der Waals surface area contributed by atoms with Crippen molar-refractivity contribution in [3.8, 4) is 0 Å². The molecule has 16 nitrogen and oxygen atoms in total. The molecule has 0 rings (SSSR count). The van der Waals surface area contributed by atoms with Gasteiger partial charge in [-0.3, -0.25) is 19.2 Å². The molecular weight excluding hydrogens is 953 g/mol. The van der Waals surface area contributed by atoms with Crippen LogP contribution in [0.1, 0.15) is 239 Å². The van der Waals surface area contributed by atoms with Crippen LogP contribution < -0.4 is 149 Å². The fraction of sp³-hybridized carbons (Fsp3) is 0.843. The molecule has 0 aromatic rings. The second kappa shape index (κ2) is 56.0. The molecule has 0 aromatic heterocycles. The zero-order valence-electron chi connectivity index (χ0n) is 45.5. The molecule has 0 aliphatic carbocycles. The quantitative estimate of drug-likeness (QED) is 0.0426. The number of aliphatic carboxylic acids is 4. The molecule has 0 aliphatic heterocycles. The number of hydrogen-bond donors (Lipinski definition) is 2. The van der Waals surface area contributed by atoms with Gasteiger partial charge in [-0.25, -0.2) is 0 Å². The van der Waals surface area contributed by atoms with Gasteiger partial charge in [-0.05, 0) is 32.1 Å². The Labute approximate surface area is 516 Å². The molecule has 0 bridgehead atoms. The van der Waals surface area contributed by atoms with E-state index in [0.717, 1.165) is 61.2 Å². The van der Waals surface area contributed by atoms with Crippen LogP contribution >= 0.6 is 0 Å². The molecule has 2 atom stereocenters. The van der Waals surface area contributed by atoms with Crippen LogP contribution in [0.2, 0.25) is 0 Å². The van der Waals surface area contributed by atoms with Gasteiger partial charge >= 0.3 is 118 Å². The van der Waals surface area contributed by atoms with Gasteiger partial charge < -0.3 is 60.0 Å². The molecule has 0 aliphatic rings. The van der Waals surface area contributed by atoms with E-state index in [1.165, 1.54) is 116 Å². The van der Waals surface area contributed by atoms with Gasteiger partial charge in [0.25, 0.3) is 0 Å². The van der Waals surface area contributed by atoms with E-state index in [-0.39, 0.29) is 163 Å². The second-order valence-corrected chi connectivity index (χ2v) is 18.4. The summed E-state index contributed by atoms with van der Waals surface area (Å²) in [5, 5.41) is 51.4. The molecule has 0 radical (unpaired) electrons. The molecule has 0 spiro atoms. The van der Waals surface area contributed by atoms with Crippen LogP contribution in [0.25, 0.3) is 0 Å². The van der Waals surface area contributed by atoms with E-state index in [1.54, 1.807) is 0 Å². The summed E-state index contributed by atoms with van der Waals surface area (Å²) in [4.78, 5) is 99.4. The maximum atomic E-state index is 13.1. The van der Waals surface area contributed by atoms with E-state index < -0.39 is 85.5 Å². The minimum atomic E-state index is -1.62. The monoisotopic (exact) mass is 1040 g/mol. The van der Waals surface area contributed by atoms with Gasteiger partial charge in [-0.2, -0.15) is 0 Å². The molecule has 2 N–H and O–H groups in total. The van der Waals surface area contributed by atoms with Crippen molar-refractivity contribution in [1.82, 2.24) is 20.4 Å². The number of unbranched alkanes of at least 4 members (excludes halogenated alkanes) is 26. The largest absolute Gasteiger partial charge is 1.00 e. The first-order valence-corrected chi connectivity index (χ1v) is 26.2. The standard InChI is InChI=1S/C51H92N4O12.4Na/c1-3-5-7-9-11-13-15-17-19-21-23-25-27-29-32-44(56)52-42(50(64)65)34-36-46(58)54(40-48(60)61)38-31-39-55(41-49(62)63)47(59)37-35-43(51(66)67)53-45(57)33-30-28-26-24-22-20-18-16-14-12-10-8-6-4-2;;;;/h42-43H,3-41H2,1-2H3,(H,52,56)(H,53,57)(H,60,61)(H,62,63)(H,64,65)(H,66,67);;;;/q;4*+1/p-4. The minimum absolute atomic E-state index is 0. The number of rotatable bonds is 48. The van der Waals surface area contributed by atoms with Crippen LogP contribution in [-0.4, -0.2) is 95.6 Å². The first-order chi connectivity index (χ1) is 32.2. The third-order valence-corrected chi connectivity index (χ3v) is 12.2. The number of carbonyl (C=O) groups is 8. The van der Waals surface area contributed by atoms with Crippen molar-refractivity contribution in [3.05, 3.63) is 0 Å². The van der Waals surface area contributed by atoms with E-state index in [4.69, 9.17) is 0 Å². The maximum absolute atomic E-state index is 13.1. The van der Waals surface area contributed by atoms with Crippen LogP contribution in [0, 0.1) is 0 Å². The summed E-state index contributed by atoms with van der Waals surface area (Å²) < 4.78 is 0. The van der Waals surface area contributed by atoms with E-state index in [0.29, 0.717) is 12.8 Å². The second-order valence-electron chi connectivity index (χ2n) is 18.4. The van der Waals surface area contributed by atoms with E-state index in [9.17, 15) is 58.8 Å². The van der Waals surface area contributed by atoms with Gasteiger partial charge in [0.1, 0.15) is 0 Å². The molecule has 71 heavy (non-hydrogen) atoms. The molecule has 20 heteroatoms. The average Bonchev–Trinajstić information content (AvgIpc) is 3.27. The van der Waals surface area contributed by atoms with Crippen molar-refractivity contribution < 1.29 is 177 Å². The number of nitrogens with zero attached hydrogens (tertiary/aromatic N) is 2. The number of carboxylic acids is 4. The van der Waals surface area contributed by atoms with Gasteiger partial charge in [-0.15, -0.1) is 0 Å². The zero-order valence-corrected chi connectivity index (χ0v) is 53.5. The van der Waals surface area contributed by atoms with Gasteiger partial charge in [-0.1, -0.05) is 181 Å². The normalized spacial score (nSPS) is 11.3. The number of hydrogen-bond acceptors (Lipinski definition) is 12. The van der Waals surface area contributed by atoms with Gasteiger partial charge in [0, 0.05) is 38.8 Å². The molecule has 0 heterocycles. The van der Waals surface area contributed by atoms with Crippen molar-refractivity contribution in [2.75, 3.05) is 26.2 Å². The third kappa shape index (κ3) is 50.3. The topological polar surface area (TPSA) is 259 Å². The van der Waals surface area contributed by atoms with E-state index in [1.807, 2.05) is 0 Å². The average molecular weight is 1040 g/mol. The Morgan fingerprint density at radius 3 is 0.817 bits per heavy atom. The van der Waals surface area contributed by atoms with Gasteiger partial charge in [0.2, 0.25) is 23.6 Å². The van der Waals surface area contributed by atoms with Crippen molar-refractivity contribution in [2.24, 2.45) is 0 Å². The van der Waals surface area contributed by atoms with Gasteiger partial charge in [0.05, 0.1) is 49.1 Å². The Hall–Kier alpha value is -0.240. The van der Waals surface area contributed by atoms with Crippen molar-refractivity contribution >= 4 is 47.5 Å². The molecule has 0 aromatic carbocycles. The fourth-order valence-corrected chi connectivity index (χ4v) is 8.19. The zero-order chi connectivity index (χ0) is 49.9.